The summed E-state index contributed by atoms with van der Waals surface area (Å²) in [6.45, 7) is 8.53. The molecule has 1 N–H and O–H groups in total. The monoisotopic (exact) mass is 213 g/mol. The molecular formula is C11H23N3O. The van der Waals surface area contributed by atoms with Crippen LogP contribution in [0.2, 0.25) is 0 Å². The highest BCUT2D eigenvalue weighted by Gasteiger charge is 2.32. The van der Waals surface area contributed by atoms with Crippen LogP contribution < -0.4 is 5.32 Å². The molecular weight excluding hydrogens is 190 g/mol. The van der Waals surface area contributed by atoms with Crippen LogP contribution in [0.4, 0.5) is 0 Å². The van der Waals surface area contributed by atoms with Crippen LogP contribution in [0, 0.1) is 0 Å². The zero-order valence-electron chi connectivity index (χ0n) is 10.5. The number of amides is 1. The number of hydrogen-bond donors (Lipinski definition) is 1. The molecule has 0 saturated carbocycles. The Hall–Kier alpha value is -0.610. The molecule has 1 atom stereocenters. The Labute approximate surface area is 92.6 Å². The van der Waals surface area contributed by atoms with Crippen LogP contribution in [0.15, 0.2) is 0 Å². The molecule has 0 aromatic carbocycles. The van der Waals surface area contributed by atoms with Gasteiger partial charge in [-0.05, 0) is 34.9 Å². The fourth-order valence-electron chi connectivity index (χ4n) is 1.87. The van der Waals surface area contributed by atoms with Crippen molar-refractivity contribution < 1.29 is 4.79 Å². The zero-order valence-corrected chi connectivity index (χ0v) is 10.5. The predicted molar refractivity (Wildman–Crippen MR) is 61.8 cm³/mol. The first-order valence-corrected chi connectivity index (χ1v) is 5.51. The second kappa shape index (κ2) is 4.49. The molecule has 1 amide bonds. The van der Waals surface area contributed by atoms with E-state index < -0.39 is 0 Å². The van der Waals surface area contributed by atoms with Gasteiger partial charge >= 0.3 is 0 Å². The molecule has 0 aromatic rings. The summed E-state index contributed by atoms with van der Waals surface area (Å²) in [6, 6.07) is 0.297. The summed E-state index contributed by atoms with van der Waals surface area (Å²) in [5.41, 5.74) is 0.0362. The molecule has 1 aliphatic heterocycles. The molecule has 0 bridgehead atoms. The minimum absolute atomic E-state index is 0.0362. The molecule has 0 radical (unpaired) electrons. The first-order chi connectivity index (χ1) is 6.82. The summed E-state index contributed by atoms with van der Waals surface area (Å²) in [5.74, 6) is 0.224. The van der Waals surface area contributed by atoms with Crippen molar-refractivity contribution in [1.29, 1.82) is 0 Å². The number of nitrogens with zero attached hydrogens (tertiary/aromatic N) is 2. The average molecular weight is 213 g/mol. The van der Waals surface area contributed by atoms with E-state index in [1.54, 1.807) is 0 Å². The summed E-state index contributed by atoms with van der Waals surface area (Å²) in [6.07, 6.45) is 0. The van der Waals surface area contributed by atoms with Crippen LogP contribution in [-0.2, 0) is 4.79 Å². The molecule has 1 saturated heterocycles. The zero-order chi connectivity index (χ0) is 11.6. The van der Waals surface area contributed by atoms with Crippen molar-refractivity contribution >= 4 is 5.91 Å². The highest BCUT2D eigenvalue weighted by Crippen LogP contribution is 2.14. The van der Waals surface area contributed by atoms with Crippen LogP contribution in [0.1, 0.15) is 20.8 Å². The fourth-order valence-corrected chi connectivity index (χ4v) is 1.87. The van der Waals surface area contributed by atoms with Gasteiger partial charge in [0.1, 0.15) is 0 Å². The van der Waals surface area contributed by atoms with E-state index in [-0.39, 0.29) is 11.4 Å². The lowest BCUT2D eigenvalue weighted by Gasteiger charge is -2.43. The minimum Gasteiger partial charge on any atom is -0.336 e. The van der Waals surface area contributed by atoms with Gasteiger partial charge < -0.3 is 15.1 Å². The molecule has 0 aromatic heterocycles. The standard InChI is InChI=1S/C11H23N3O/c1-9-6-12-11(2,3)8-14(9)10(15)7-13(4)5/h9,12H,6-8H2,1-5H3. The van der Waals surface area contributed by atoms with Gasteiger partial charge in [-0.15, -0.1) is 0 Å². The Morgan fingerprint density at radius 1 is 1.53 bits per heavy atom. The molecule has 1 fully saturated rings. The Kier molecular flexibility index (Phi) is 3.73. The number of hydrogen-bond acceptors (Lipinski definition) is 3. The molecule has 4 heteroatoms. The Morgan fingerprint density at radius 2 is 2.13 bits per heavy atom. The van der Waals surface area contributed by atoms with Gasteiger partial charge in [-0.2, -0.15) is 0 Å². The van der Waals surface area contributed by atoms with E-state index in [1.165, 1.54) is 0 Å². The predicted octanol–water partition coefficient (Wildman–Crippen LogP) is 0.147. The van der Waals surface area contributed by atoms with Crippen LogP contribution in [0.25, 0.3) is 0 Å². The van der Waals surface area contributed by atoms with Gasteiger partial charge in [0.05, 0.1) is 6.54 Å². The fraction of sp³-hybridized carbons (Fsp3) is 0.909. The quantitative estimate of drug-likeness (QED) is 0.709. The minimum atomic E-state index is 0.0362. The summed E-state index contributed by atoms with van der Waals surface area (Å²) < 4.78 is 0. The molecule has 88 valence electrons. The van der Waals surface area contributed by atoms with Crippen LogP contribution in [0.3, 0.4) is 0 Å². The van der Waals surface area contributed by atoms with Crippen molar-refractivity contribution in [3.05, 3.63) is 0 Å². The van der Waals surface area contributed by atoms with E-state index in [0.29, 0.717) is 12.6 Å². The molecule has 1 heterocycles. The number of nitrogens with one attached hydrogen (secondary N) is 1. The van der Waals surface area contributed by atoms with Gasteiger partial charge in [-0.25, -0.2) is 0 Å². The van der Waals surface area contributed by atoms with Crippen LogP contribution in [0.5, 0.6) is 0 Å². The van der Waals surface area contributed by atoms with Crippen LogP contribution in [-0.4, -0.2) is 61.0 Å². The molecule has 1 aliphatic rings. The van der Waals surface area contributed by atoms with E-state index in [9.17, 15) is 4.79 Å². The lowest BCUT2D eigenvalue weighted by molar-refractivity contribution is -0.136. The third kappa shape index (κ3) is 3.47. The van der Waals surface area contributed by atoms with E-state index in [4.69, 9.17) is 0 Å². The molecule has 0 spiro atoms. The Balaban J connectivity index is 2.62. The van der Waals surface area contributed by atoms with Crippen molar-refractivity contribution in [2.45, 2.75) is 32.4 Å². The smallest absolute Gasteiger partial charge is 0.237 e. The summed E-state index contributed by atoms with van der Waals surface area (Å²) >= 11 is 0. The maximum Gasteiger partial charge on any atom is 0.237 e. The van der Waals surface area contributed by atoms with Crippen molar-refractivity contribution in [1.82, 2.24) is 15.1 Å². The van der Waals surface area contributed by atoms with Gasteiger partial charge in [0.25, 0.3) is 0 Å². The molecule has 15 heavy (non-hydrogen) atoms. The number of carbonyl (C=O) groups is 1. The number of likely N-dealkylation sites (N-methyl/N-ethyl adjacent to an activating group) is 1. The number of carbonyl (C=O) groups excluding carboxylic acids is 1. The summed E-state index contributed by atoms with van der Waals surface area (Å²) in [4.78, 5) is 15.9. The van der Waals surface area contributed by atoms with Crippen LogP contribution >= 0.6 is 0 Å². The van der Waals surface area contributed by atoms with Gasteiger partial charge in [0.15, 0.2) is 0 Å². The first kappa shape index (κ1) is 12.5. The summed E-state index contributed by atoms with van der Waals surface area (Å²) in [5, 5.41) is 3.44. The van der Waals surface area contributed by atoms with Crippen molar-refractivity contribution in [3.8, 4) is 0 Å². The summed E-state index contributed by atoms with van der Waals surface area (Å²) in [7, 11) is 3.85. The normalized spacial score (nSPS) is 25.7. The highest BCUT2D eigenvalue weighted by atomic mass is 16.2. The van der Waals surface area contributed by atoms with Crippen molar-refractivity contribution in [2.75, 3.05) is 33.7 Å². The second-order valence-electron chi connectivity index (χ2n) is 5.37. The highest BCUT2D eigenvalue weighted by molar-refractivity contribution is 5.78. The first-order valence-electron chi connectivity index (χ1n) is 5.51. The number of piperazine rings is 1. The lowest BCUT2D eigenvalue weighted by atomic mass is 9.99. The molecule has 1 unspecified atom stereocenters. The van der Waals surface area contributed by atoms with Gasteiger partial charge in [-0.1, -0.05) is 0 Å². The largest absolute Gasteiger partial charge is 0.336 e. The van der Waals surface area contributed by atoms with E-state index >= 15 is 0 Å². The SMILES string of the molecule is CC1CNC(C)(C)CN1C(=O)CN(C)C. The van der Waals surface area contributed by atoms with Gasteiger partial charge in [-0.3, -0.25) is 4.79 Å². The third-order valence-electron chi connectivity index (χ3n) is 2.75. The third-order valence-corrected chi connectivity index (χ3v) is 2.75. The van der Waals surface area contributed by atoms with Crippen molar-refractivity contribution in [3.63, 3.8) is 0 Å². The lowest BCUT2D eigenvalue weighted by Crippen LogP contribution is -2.63. The number of rotatable bonds is 2. The molecule has 4 nitrogen and oxygen atoms in total. The topological polar surface area (TPSA) is 35.6 Å². The maximum atomic E-state index is 12.0. The second-order valence-corrected chi connectivity index (χ2v) is 5.37. The Morgan fingerprint density at radius 3 is 2.67 bits per heavy atom. The molecule has 1 rings (SSSR count). The van der Waals surface area contributed by atoms with Gasteiger partial charge in [0, 0.05) is 24.7 Å². The van der Waals surface area contributed by atoms with E-state index in [2.05, 4.69) is 26.1 Å². The Bertz CT molecular complexity index is 238. The average Bonchev–Trinajstić information content (AvgIpc) is 2.08. The van der Waals surface area contributed by atoms with E-state index in [1.807, 2.05) is 23.9 Å². The molecule has 0 aliphatic carbocycles. The maximum absolute atomic E-state index is 12.0. The van der Waals surface area contributed by atoms with Gasteiger partial charge in [0.2, 0.25) is 5.91 Å². The van der Waals surface area contributed by atoms with E-state index in [0.717, 1.165) is 13.1 Å². The van der Waals surface area contributed by atoms with Crippen molar-refractivity contribution in [2.24, 2.45) is 0 Å².